The van der Waals surface area contributed by atoms with Gasteiger partial charge in [-0.3, -0.25) is 0 Å². The fourth-order valence-corrected chi connectivity index (χ4v) is 10.1. The maximum atomic E-state index is 6.48. The summed E-state index contributed by atoms with van der Waals surface area (Å²) in [4.78, 5) is 16.2. The first-order chi connectivity index (χ1) is 28.2. The van der Waals surface area contributed by atoms with Crippen molar-refractivity contribution in [3.05, 3.63) is 185 Å². The van der Waals surface area contributed by atoms with Crippen molar-refractivity contribution >= 4 is 55.5 Å². The van der Waals surface area contributed by atoms with Crippen LogP contribution in [0.15, 0.2) is 161 Å². The number of aromatic nitrogens is 3. The molecule has 0 N–H and O–H groups in total. The van der Waals surface area contributed by atoms with Crippen LogP contribution in [-0.4, -0.2) is 20.6 Å². The molecule has 0 amide bonds. The third-order valence-corrected chi connectivity index (χ3v) is 12.7. The number of nitrogens with zero attached hydrogens (tertiary/aromatic N) is 4. The van der Waals surface area contributed by atoms with E-state index >= 15 is 0 Å². The number of hydrogen-bond donors (Lipinski definition) is 0. The minimum atomic E-state index is -0.00779. The van der Waals surface area contributed by atoms with Crippen molar-refractivity contribution in [3.63, 3.8) is 0 Å². The van der Waals surface area contributed by atoms with Crippen molar-refractivity contribution in [2.24, 2.45) is 10.9 Å². The number of rotatable bonds is 5. The lowest BCUT2D eigenvalue weighted by molar-refractivity contribution is 0.445. The Kier molecular flexibility index (Phi) is 7.44. The summed E-state index contributed by atoms with van der Waals surface area (Å²) >= 11 is 0. The van der Waals surface area contributed by atoms with E-state index < -0.39 is 0 Å². The Bertz CT molecular complexity index is 3100. The fourth-order valence-electron chi connectivity index (χ4n) is 10.1. The Morgan fingerprint density at radius 3 is 2.39 bits per heavy atom. The molecule has 0 saturated heterocycles. The summed E-state index contributed by atoms with van der Waals surface area (Å²) in [6.45, 7) is 0. The van der Waals surface area contributed by atoms with Gasteiger partial charge in [-0.05, 0) is 102 Å². The van der Waals surface area contributed by atoms with Gasteiger partial charge in [-0.15, -0.1) is 0 Å². The number of benzene rings is 4. The van der Waals surface area contributed by atoms with Gasteiger partial charge in [0.05, 0.1) is 28.5 Å². The molecule has 3 aromatic heterocycles. The Balaban J connectivity index is 0.987. The first-order valence-corrected chi connectivity index (χ1v) is 20.5. The lowest BCUT2D eigenvalue weighted by Crippen LogP contribution is -2.40. The highest BCUT2D eigenvalue weighted by atomic mass is 16.3. The van der Waals surface area contributed by atoms with Crippen LogP contribution in [-0.2, 0) is 6.42 Å². The van der Waals surface area contributed by atoms with Crippen molar-refractivity contribution in [2.45, 2.75) is 50.5 Å². The molecular formula is C52H40N4O. The highest BCUT2D eigenvalue weighted by molar-refractivity contribution is 6.10. The maximum absolute atomic E-state index is 6.48. The molecule has 274 valence electrons. The average molecular weight is 737 g/mol. The van der Waals surface area contributed by atoms with Gasteiger partial charge in [0, 0.05) is 44.7 Å². The van der Waals surface area contributed by atoms with E-state index in [2.05, 4.69) is 156 Å². The normalized spacial score (nSPS) is 20.9. The minimum absolute atomic E-state index is 0.00779. The average Bonchev–Trinajstić information content (AvgIpc) is 4.00. The van der Waals surface area contributed by atoms with Crippen LogP contribution in [0.5, 0.6) is 0 Å². The molecule has 4 aliphatic carbocycles. The van der Waals surface area contributed by atoms with Crippen LogP contribution >= 0.6 is 0 Å². The van der Waals surface area contributed by atoms with Gasteiger partial charge >= 0.3 is 0 Å². The molecule has 0 spiro atoms. The molecule has 0 fully saturated rings. The second-order valence-electron chi connectivity index (χ2n) is 16.0. The zero-order valence-corrected chi connectivity index (χ0v) is 31.6. The first-order valence-electron chi connectivity index (χ1n) is 20.5. The monoisotopic (exact) mass is 736 g/mol. The van der Waals surface area contributed by atoms with Gasteiger partial charge < -0.3 is 8.98 Å². The molecule has 5 aliphatic rings. The van der Waals surface area contributed by atoms with Crippen molar-refractivity contribution in [1.82, 2.24) is 14.5 Å². The standard InChI is InChI=1S/C52H40N4O/c1-2-17-37-32(13-1)14-12-23-42(37)51-53-44(31-45(54-51)34-27-28-36(30-34)56-46-24-8-5-18-38(46)39-19-6-9-25-47(39)56)33-15-11-16-35(29-33)50-41-21-4-3-20-40(41)49-43-22-7-10-26-48(43)57-52(49)55-50/h1-3,5-6,8-10,12-14,16-20,23-31,34,41,50H,4,7,11,15,21-22H2. The number of para-hydroxylation sites is 2. The van der Waals surface area contributed by atoms with Crippen LogP contribution < -0.4 is 10.8 Å². The summed E-state index contributed by atoms with van der Waals surface area (Å²) in [5.41, 5.74) is 12.7. The molecule has 3 atom stereocenters. The molecule has 3 unspecified atom stereocenters. The summed E-state index contributed by atoms with van der Waals surface area (Å²) in [6.07, 6.45) is 26.9. The summed E-state index contributed by atoms with van der Waals surface area (Å²) < 4.78 is 8.87. The van der Waals surface area contributed by atoms with Gasteiger partial charge in [0.2, 0.25) is 5.55 Å². The molecule has 57 heavy (non-hydrogen) atoms. The molecule has 5 nitrogen and oxygen atoms in total. The summed E-state index contributed by atoms with van der Waals surface area (Å²) in [5, 5.41) is 6.12. The van der Waals surface area contributed by atoms with E-state index in [4.69, 9.17) is 19.4 Å². The highest BCUT2D eigenvalue weighted by Gasteiger charge is 2.34. The molecule has 5 heteroatoms. The third-order valence-electron chi connectivity index (χ3n) is 12.7. The second-order valence-corrected chi connectivity index (χ2v) is 16.0. The largest absolute Gasteiger partial charge is 0.438 e. The lowest BCUT2D eigenvalue weighted by atomic mass is 9.76. The summed E-state index contributed by atoms with van der Waals surface area (Å²) in [6, 6.07) is 34.7. The fraction of sp³-hybridized carbons (Fsp3) is 0.173. The van der Waals surface area contributed by atoms with Crippen LogP contribution in [0, 0.1) is 5.92 Å². The van der Waals surface area contributed by atoms with E-state index in [-0.39, 0.29) is 12.0 Å². The van der Waals surface area contributed by atoms with E-state index in [1.165, 1.54) is 54.7 Å². The van der Waals surface area contributed by atoms with Gasteiger partial charge in [0.25, 0.3) is 0 Å². The first kappa shape index (κ1) is 32.6. The van der Waals surface area contributed by atoms with Gasteiger partial charge in [-0.25, -0.2) is 15.0 Å². The zero-order valence-electron chi connectivity index (χ0n) is 31.6. The summed E-state index contributed by atoms with van der Waals surface area (Å²) in [5.74, 6) is 2.07. The second kappa shape index (κ2) is 13.0. The van der Waals surface area contributed by atoms with Crippen LogP contribution in [0.4, 0.5) is 0 Å². The number of furan rings is 1. The van der Waals surface area contributed by atoms with Gasteiger partial charge in [0.15, 0.2) is 5.82 Å². The van der Waals surface area contributed by atoms with Gasteiger partial charge in [-0.2, -0.15) is 0 Å². The molecule has 7 aromatic rings. The highest BCUT2D eigenvalue weighted by Crippen LogP contribution is 2.41. The number of allylic oxidation sites excluding steroid dienone is 9. The molecular weight excluding hydrogens is 697 g/mol. The van der Waals surface area contributed by atoms with E-state index in [0.717, 1.165) is 83.7 Å². The topological polar surface area (TPSA) is 56.2 Å². The van der Waals surface area contributed by atoms with Crippen LogP contribution in [0.3, 0.4) is 0 Å². The molecule has 0 bridgehead atoms. The molecule has 4 aromatic carbocycles. The van der Waals surface area contributed by atoms with Gasteiger partial charge in [0.1, 0.15) is 5.76 Å². The molecule has 4 heterocycles. The van der Waals surface area contributed by atoms with Crippen molar-refractivity contribution in [1.29, 1.82) is 0 Å². The van der Waals surface area contributed by atoms with Crippen LogP contribution in [0.2, 0.25) is 0 Å². The van der Waals surface area contributed by atoms with E-state index in [9.17, 15) is 0 Å². The van der Waals surface area contributed by atoms with Crippen LogP contribution in [0.25, 0.3) is 66.9 Å². The Morgan fingerprint density at radius 2 is 1.51 bits per heavy atom. The maximum Gasteiger partial charge on any atom is 0.223 e. The zero-order chi connectivity index (χ0) is 37.5. The van der Waals surface area contributed by atoms with E-state index in [1.807, 2.05) is 0 Å². The molecule has 12 rings (SSSR count). The van der Waals surface area contributed by atoms with Gasteiger partial charge in [-0.1, -0.05) is 115 Å². The Morgan fingerprint density at radius 1 is 0.719 bits per heavy atom. The lowest BCUT2D eigenvalue weighted by Gasteiger charge is -2.31. The predicted octanol–water partition coefficient (Wildman–Crippen LogP) is 11.1. The quantitative estimate of drug-likeness (QED) is 0.177. The SMILES string of the molecule is C1=Cc2oc3c(c2CC1)=C1C=CCCC1C(C1=CCCC(c2cc(C4C=CC(n5c6ccccc6c6ccccc65)=C4)nc(-c4cccc5ccccc45)n2)=C1)N=3. The Hall–Kier alpha value is -6.59. The molecule has 0 radical (unpaired) electrons. The van der Waals surface area contributed by atoms with E-state index in [1.54, 1.807) is 0 Å². The predicted molar refractivity (Wildman–Crippen MR) is 232 cm³/mol. The van der Waals surface area contributed by atoms with Crippen molar-refractivity contribution in [3.8, 4) is 11.4 Å². The smallest absolute Gasteiger partial charge is 0.223 e. The summed E-state index contributed by atoms with van der Waals surface area (Å²) in [7, 11) is 0. The minimum Gasteiger partial charge on any atom is -0.438 e. The third kappa shape index (κ3) is 5.25. The molecule has 1 aliphatic heterocycles. The molecule has 0 saturated carbocycles. The number of fused-ring (bicyclic) bond motifs is 8. The van der Waals surface area contributed by atoms with Crippen molar-refractivity contribution in [2.75, 3.05) is 0 Å². The Labute approximate surface area is 330 Å². The van der Waals surface area contributed by atoms with Crippen LogP contribution in [0.1, 0.15) is 60.7 Å². The van der Waals surface area contributed by atoms with E-state index in [0.29, 0.717) is 5.92 Å². The number of hydrogen-bond acceptors (Lipinski definition) is 4. The van der Waals surface area contributed by atoms with Crippen molar-refractivity contribution < 1.29 is 4.42 Å².